The first-order valence-electron chi connectivity index (χ1n) is 10.5. The third-order valence-corrected chi connectivity index (χ3v) is 4.45. The van der Waals surface area contributed by atoms with Crippen molar-refractivity contribution in [3.05, 3.63) is 53.6 Å². The number of nitrogens with zero attached hydrogens (tertiary/aromatic N) is 1. The molecule has 2 aromatic rings. The van der Waals surface area contributed by atoms with Crippen molar-refractivity contribution in [3.8, 4) is 11.5 Å². The zero-order valence-electron chi connectivity index (χ0n) is 19.1. The molecule has 2 rings (SSSR count). The summed E-state index contributed by atoms with van der Waals surface area (Å²) in [5.74, 6) is -2.14. The number of ether oxygens (including phenoxy) is 2. The average Bonchev–Trinajstić information content (AvgIpc) is 2.82. The van der Waals surface area contributed by atoms with Crippen LogP contribution in [0.15, 0.2) is 47.6 Å². The number of unbranched alkanes of at least 4 members (excludes halogenated alkanes) is 1. The van der Waals surface area contributed by atoms with Gasteiger partial charge in [0, 0.05) is 6.54 Å². The quantitative estimate of drug-likeness (QED) is 0.203. The Bertz CT molecular complexity index is 1070. The number of anilines is 1. The van der Waals surface area contributed by atoms with E-state index in [1.165, 1.54) is 43.7 Å². The molecule has 0 fully saturated rings. The Labute approximate surface area is 199 Å². The highest BCUT2D eigenvalue weighted by atomic mass is 19.4. The number of hydrazone groups is 1. The lowest BCUT2D eigenvalue weighted by molar-refractivity contribution is -0.139. The van der Waals surface area contributed by atoms with Gasteiger partial charge in [0.05, 0.1) is 24.6 Å². The van der Waals surface area contributed by atoms with E-state index in [4.69, 9.17) is 9.47 Å². The van der Waals surface area contributed by atoms with E-state index >= 15 is 0 Å². The Hall–Kier alpha value is -4.09. The van der Waals surface area contributed by atoms with Crippen LogP contribution in [0, 0.1) is 0 Å². The van der Waals surface area contributed by atoms with Gasteiger partial charge in [0.2, 0.25) is 0 Å². The van der Waals surface area contributed by atoms with Crippen LogP contribution in [0.4, 0.5) is 18.9 Å². The Morgan fingerprint density at radius 1 is 1.06 bits per heavy atom. The second kappa shape index (κ2) is 13.0. The van der Waals surface area contributed by atoms with Gasteiger partial charge < -0.3 is 20.1 Å². The third kappa shape index (κ3) is 8.65. The minimum absolute atomic E-state index is 0.156. The summed E-state index contributed by atoms with van der Waals surface area (Å²) in [6, 6.07) is 9.07. The number of hydrogen-bond donors (Lipinski definition) is 3. The molecule has 0 unspecified atom stereocenters. The molecule has 0 atom stereocenters. The zero-order chi connectivity index (χ0) is 25.8. The fraction of sp³-hybridized carbons (Fsp3) is 0.304. The van der Waals surface area contributed by atoms with Gasteiger partial charge in [-0.05, 0) is 42.3 Å². The lowest BCUT2D eigenvalue weighted by Gasteiger charge is -2.14. The number of amides is 3. The van der Waals surface area contributed by atoms with Crippen molar-refractivity contribution in [2.24, 2.45) is 5.10 Å². The van der Waals surface area contributed by atoms with Crippen molar-refractivity contribution in [2.75, 3.05) is 25.6 Å². The minimum Gasteiger partial charge on any atom is -0.493 e. The number of alkyl halides is 3. The summed E-state index contributed by atoms with van der Waals surface area (Å²) in [4.78, 5) is 35.4. The van der Waals surface area contributed by atoms with Crippen molar-refractivity contribution in [1.29, 1.82) is 0 Å². The van der Waals surface area contributed by atoms with E-state index in [0.29, 0.717) is 12.1 Å². The Balaban J connectivity index is 1.94. The molecule has 0 aliphatic heterocycles. The normalized spacial score (nSPS) is 11.1. The Morgan fingerprint density at radius 3 is 2.49 bits per heavy atom. The highest BCUT2D eigenvalue weighted by Gasteiger charge is 2.33. The molecular weight excluding hydrogens is 469 g/mol. The van der Waals surface area contributed by atoms with E-state index in [2.05, 4.69) is 21.2 Å². The summed E-state index contributed by atoms with van der Waals surface area (Å²) < 4.78 is 49.8. The van der Waals surface area contributed by atoms with Gasteiger partial charge in [-0.15, -0.1) is 0 Å². The maximum absolute atomic E-state index is 13.1. The van der Waals surface area contributed by atoms with E-state index in [1.54, 1.807) is 0 Å². The molecular formula is C23H25F3N4O5. The van der Waals surface area contributed by atoms with Gasteiger partial charge in [-0.3, -0.25) is 14.4 Å². The maximum Gasteiger partial charge on any atom is 0.418 e. The van der Waals surface area contributed by atoms with Gasteiger partial charge in [0.15, 0.2) is 18.1 Å². The standard InChI is InChI=1S/C23H25F3N4O5/c1-3-4-11-27-21(32)22(33)30-28-13-15-9-10-18(19(12-15)34-2)35-14-20(31)29-17-8-6-5-7-16(17)23(24,25)26/h5-10,12-13H,3-4,11,14H2,1-2H3,(H,27,32)(H,29,31)(H,30,33)/b28-13-. The molecule has 0 aliphatic carbocycles. The molecule has 0 aliphatic rings. The monoisotopic (exact) mass is 494 g/mol. The SMILES string of the molecule is CCCCNC(=O)C(=O)N/N=C\c1ccc(OCC(=O)Nc2ccccc2C(F)(F)F)c(OC)c1. The van der Waals surface area contributed by atoms with Gasteiger partial charge in [-0.2, -0.15) is 18.3 Å². The van der Waals surface area contributed by atoms with Crippen molar-refractivity contribution in [3.63, 3.8) is 0 Å². The van der Waals surface area contributed by atoms with E-state index in [-0.39, 0.29) is 17.2 Å². The van der Waals surface area contributed by atoms with Crippen LogP contribution in [-0.4, -0.2) is 44.2 Å². The summed E-state index contributed by atoms with van der Waals surface area (Å²) >= 11 is 0. The van der Waals surface area contributed by atoms with Gasteiger partial charge in [-0.25, -0.2) is 5.43 Å². The van der Waals surface area contributed by atoms with Crippen molar-refractivity contribution < 1.29 is 37.0 Å². The first kappa shape index (κ1) is 27.2. The molecule has 0 saturated carbocycles. The third-order valence-electron chi connectivity index (χ3n) is 4.45. The molecule has 188 valence electrons. The fourth-order valence-corrected chi connectivity index (χ4v) is 2.73. The van der Waals surface area contributed by atoms with Crippen LogP contribution < -0.4 is 25.5 Å². The lowest BCUT2D eigenvalue weighted by Crippen LogP contribution is -2.38. The molecule has 0 heterocycles. The van der Waals surface area contributed by atoms with Gasteiger partial charge >= 0.3 is 18.0 Å². The van der Waals surface area contributed by atoms with E-state index in [9.17, 15) is 27.6 Å². The van der Waals surface area contributed by atoms with Crippen LogP contribution in [-0.2, 0) is 20.6 Å². The van der Waals surface area contributed by atoms with Gasteiger partial charge in [-0.1, -0.05) is 25.5 Å². The molecule has 0 bridgehead atoms. The number of benzene rings is 2. The first-order chi connectivity index (χ1) is 16.7. The van der Waals surface area contributed by atoms with Crippen molar-refractivity contribution in [1.82, 2.24) is 10.7 Å². The van der Waals surface area contributed by atoms with Gasteiger partial charge in [0.25, 0.3) is 5.91 Å². The van der Waals surface area contributed by atoms with Crippen LogP contribution >= 0.6 is 0 Å². The molecule has 12 heteroatoms. The van der Waals surface area contributed by atoms with Crippen molar-refractivity contribution >= 4 is 29.6 Å². The second-order valence-corrected chi connectivity index (χ2v) is 7.10. The number of carbonyl (C=O) groups excluding carboxylic acids is 3. The van der Waals surface area contributed by atoms with Crippen LogP contribution in [0.2, 0.25) is 0 Å². The Kier molecular flexibility index (Phi) is 10.1. The largest absolute Gasteiger partial charge is 0.493 e. The molecule has 2 aromatic carbocycles. The highest BCUT2D eigenvalue weighted by Crippen LogP contribution is 2.34. The number of carbonyl (C=O) groups is 3. The molecule has 3 N–H and O–H groups in total. The zero-order valence-corrected chi connectivity index (χ0v) is 19.1. The lowest BCUT2D eigenvalue weighted by atomic mass is 10.1. The van der Waals surface area contributed by atoms with Crippen molar-refractivity contribution in [2.45, 2.75) is 25.9 Å². The van der Waals surface area contributed by atoms with Crippen LogP contribution in [0.1, 0.15) is 30.9 Å². The minimum atomic E-state index is -4.62. The summed E-state index contributed by atoms with van der Waals surface area (Å²) in [5, 5.41) is 8.34. The van der Waals surface area contributed by atoms with Crippen LogP contribution in [0.3, 0.4) is 0 Å². The van der Waals surface area contributed by atoms with Crippen LogP contribution in [0.25, 0.3) is 0 Å². The molecule has 0 aromatic heterocycles. The van der Waals surface area contributed by atoms with E-state index in [0.717, 1.165) is 25.0 Å². The maximum atomic E-state index is 13.1. The number of hydrogen-bond acceptors (Lipinski definition) is 6. The topological polar surface area (TPSA) is 118 Å². The summed E-state index contributed by atoms with van der Waals surface area (Å²) in [6.45, 7) is 1.77. The molecule has 0 radical (unpaired) electrons. The summed E-state index contributed by atoms with van der Waals surface area (Å²) in [7, 11) is 1.35. The number of rotatable bonds is 10. The molecule has 0 saturated heterocycles. The first-order valence-corrected chi connectivity index (χ1v) is 10.5. The predicted octanol–water partition coefficient (Wildman–Crippen LogP) is 3.10. The average molecular weight is 494 g/mol. The smallest absolute Gasteiger partial charge is 0.418 e. The molecule has 9 nitrogen and oxygen atoms in total. The number of nitrogens with one attached hydrogen (secondary N) is 3. The van der Waals surface area contributed by atoms with E-state index in [1.807, 2.05) is 6.92 Å². The van der Waals surface area contributed by atoms with Crippen LogP contribution in [0.5, 0.6) is 11.5 Å². The second-order valence-electron chi connectivity index (χ2n) is 7.10. The summed E-state index contributed by atoms with van der Waals surface area (Å²) in [6.07, 6.45) is -1.73. The highest BCUT2D eigenvalue weighted by molar-refractivity contribution is 6.35. The van der Waals surface area contributed by atoms with Gasteiger partial charge in [0.1, 0.15) is 0 Å². The number of halogens is 3. The van der Waals surface area contributed by atoms with E-state index < -0.39 is 36.1 Å². The molecule has 3 amide bonds. The number of para-hydroxylation sites is 1. The predicted molar refractivity (Wildman–Crippen MR) is 122 cm³/mol. The number of methoxy groups -OCH3 is 1. The fourth-order valence-electron chi connectivity index (χ4n) is 2.73. The molecule has 0 spiro atoms. The summed E-state index contributed by atoms with van der Waals surface area (Å²) in [5.41, 5.74) is 1.22. The molecule has 35 heavy (non-hydrogen) atoms. The Morgan fingerprint density at radius 2 is 1.80 bits per heavy atom.